The molecule has 0 unspecified atom stereocenters. The first-order valence-corrected chi connectivity index (χ1v) is 7.46. The van der Waals surface area contributed by atoms with Gasteiger partial charge < -0.3 is 4.74 Å². The Hall–Kier alpha value is -2.41. The Labute approximate surface area is 130 Å². The Bertz CT molecular complexity index is 647. The molecule has 1 aromatic carbocycles. The average molecular weight is 298 g/mol. The molecule has 0 fully saturated rings. The highest BCUT2D eigenvalue weighted by Gasteiger charge is 2.08. The Kier molecular flexibility index (Phi) is 5.91. The molecule has 0 saturated carbocycles. The van der Waals surface area contributed by atoms with Crippen LogP contribution in [0.1, 0.15) is 38.2 Å². The van der Waals surface area contributed by atoms with Crippen molar-refractivity contribution in [2.75, 3.05) is 6.61 Å². The van der Waals surface area contributed by atoms with Gasteiger partial charge in [-0.15, -0.1) is 6.42 Å². The summed E-state index contributed by atoms with van der Waals surface area (Å²) in [6.07, 6.45) is 12.7. The lowest BCUT2D eigenvalue weighted by Crippen LogP contribution is -1.99. The van der Waals surface area contributed by atoms with Crippen LogP contribution in [0.2, 0.25) is 0 Å². The van der Waals surface area contributed by atoms with Gasteiger partial charge in [0.15, 0.2) is 17.4 Å². The van der Waals surface area contributed by atoms with Crippen LogP contribution in [0.15, 0.2) is 30.6 Å². The van der Waals surface area contributed by atoms with Crippen molar-refractivity contribution in [1.29, 1.82) is 0 Å². The molecule has 0 spiro atoms. The van der Waals surface area contributed by atoms with Crippen molar-refractivity contribution in [3.63, 3.8) is 0 Å². The van der Waals surface area contributed by atoms with Gasteiger partial charge in [-0.1, -0.05) is 32.1 Å². The number of hydrogen-bond acceptors (Lipinski definition) is 3. The van der Waals surface area contributed by atoms with Gasteiger partial charge >= 0.3 is 0 Å². The van der Waals surface area contributed by atoms with Crippen LogP contribution >= 0.6 is 0 Å². The van der Waals surface area contributed by atoms with E-state index in [1.807, 2.05) is 0 Å². The molecule has 2 rings (SSSR count). The van der Waals surface area contributed by atoms with Crippen LogP contribution in [0.4, 0.5) is 4.39 Å². The summed E-state index contributed by atoms with van der Waals surface area (Å²) in [6.45, 7) is 2.68. The van der Waals surface area contributed by atoms with E-state index >= 15 is 0 Å². The van der Waals surface area contributed by atoms with Crippen molar-refractivity contribution in [2.45, 2.75) is 32.6 Å². The van der Waals surface area contributed by atoms with Gasteiger partial charge in [0.05, 0.1) is 12.2 Å². The summed E-state index contributed by atoms with van der Waals surface area (Å²) < 4.78 is 19.5. The number of rotatable bonds is 7. The Morgan fingerprint density at radius 2 is 1.95 bits per heavy atom. The van der Waals surface area contributed by atoms with E-state index in [1.165, 1.54) is 18.9 Å². The summed E-state index contributed by atoms with van der Waals surface area (Å²) >= 11 is 0. The van der Waals surface area contributed by atoms with Gasteiger partial charge in [0.2, 0.25) is 0 Å². The number of benzene rings is 1. The summed E-state index contributed by atoms with van der Waals surface area (Å²) in [5, 5.41) is 0. The molecule has 0 radical (unpaired) electrons. The molecule has 1 heterocycles. The van der Waals surface area contributed by atoms with E-state index < -0.39 is 5.82 Å². The third-order valence-corrected chi connectivity index (χ3v) is 3.26. The van der Waals surface area contributed by atoms with Gasteiger partial charge in [-0.2, -0.15) is 0 Å². The summed E-state index contributed by atoms with van der Waals surface area (Å²) in [7, 11) is 0. The Balaban J connectivity index is 2.01. The summed E-state index contributed by atoms with van der Waals surface area (Å²) in [5.74, 6) is 2.74. The predicted octanol–water partition coefficient (Wildman–Crippen LogP) is 4.22. The van der Waals surface area contributed by atoms with Crippen molar-refractivity contribution in [1.82, 2.24) is 9.97 Å². The van der Waals surface area contributed by atoms with Crippen molar-refractivity contribution >= 4 is 0 Å². The van der Waals surface area contributed by atoms with Crippen LogP contribution in [0.25, 0.3) is 11.4 Å². The van der Waals surface area contributed by atoms with Crippen molar-refractivity contribution < 1.29 is 9.13 Å². The van der Waals surface area contributed by atoms with Gasteiger partial charge in [0, 0.05) is 18.0 Å². The number of halogens is 1. The molecule has 0 bridgehead atoms. The molecule has 0 aliphatic heterocycles. The second-order valence-electron chi connectivity index (χ2n) is 4.99. The number of hydrogen-bond donors (Lipinski definition) is 0. The molecule has 0 amide bonds. The molecule has 3 nitrogen and oxygen atoms in total. The highest BCUT2D eigenvalue weighted by molar-refractivity contribution is 5.56. The van der Waals surface area contributed by atoms with Crippen LogP contribution in [-0.4, -0.2) is 16.6 Å². The molecular formula is C18H19FN2O. The van der Waals surface area contributed by atoms with Crippen molar-refractivity contribution in [3.05, 3.63) is 42.0 Å². The van der Waals surface area contributed by atoms with Gasteiger partial charge in [-0.05, 0) is 24.6 Å². The molecule has 0 N–H and O–H groups in total. The molecule has 0 saturated heterocycles. The molecule has 1 aromatic heterocycles. The fourth-order valence-electron chi connectivity index (χ4n) is 2.02. The van der Waals surface area contributed by atoms with E-state index in [-0.39, 0.29) is 5.75 Å². The maximum Gasteiger partial charge on any atom is 0.165 e. The quantitative estimate of drug-likeness (QED) is 0.567. The molecule has 114 valence electrons. The number of terminal acetylenes is 1. The molecule has 0 atom stereocenters. The van der Waals surface area contributed by atoms with E-state index in [0.717, 1.165) is 12.8 Å². The number of unbranched alkanes of at least 4 members (excludes halogenated alkanes) is 3. The molecular weight excluding hydrogens is 279 g/mol. The fourth-order valence-corrected chi connectivity index (χ4v) is 2.02. The summed E-state index contributed by atoms with van der Waals surface area (Å²) in [4.78, 5) is 8.25. The second-order valence-corrected chi connectivity index (χ2v) is 4.99. The smallest absolute Gasteiger partial charge is 0.165 e. The van der Waals surface area contributed by atoms with Crippen LogP contribution in [0, 0.1) is 18.2 Å². The van der Waals surface area contributed by atoms with E-state index in [0.29, 0.717) is 23.6 Å². The first-order valence-electron chi connectivity index (χ1n) is 7.46. The van der Waals surface area contributed by atoms with E-state index in [2.05, 4.69) is 22.8 Å². The monoisotopic (exact) mass is 298 g/mol. The standard InChI is InChI=1S/C18H19FN2O/c1-3-5-6-7-10-22-17-9-8-15(11-16(17)19)18-20-12-14(4-2)13-21-18/h2,8-9,11-13H,3,5-7,10H2,1H3. The van der Waals surface area contributed by atoms with Crippen LogP contribution in [0.5, 0.6) is 5.75 Å². The Morgan fingerprint density at radius 1 is 1.18 bits per heavy atom. The summed E-state index contributed by atoms with van der Waals surface area (Å²) in [5.41, 5.74) is 1.19. The number of ether oxygens (including phenoxy) is 1. The molecule has 0 aliphatic rings. The van der Waals surface area contributed by atoms with Crippen LogP contribution in [0.3, 0.4) is 0 Å². The molecule has 22 heavy (non-hydrogen) atoms. The highest BCUT2D eigenvalue weighted by Crippen LogP contribution is 2.23. The minimum Gasteiger partial charge on any atom is -0.491 e. The minimum absolute atomic E-state index is 0.264. The van der Waals surface area contributed by atoms with Gasteiger partial charge in [0.1, 0.15) is 0 Å². The number of aromatic nitrogens is 2. The topological polar surface area (TPSA) is 35.0 Å². The predicted molar refractivity (Wildman–Crippen MR) is 85.0 cm³/mol. The number of nitrogens with zero attached hydrogens (tertiary/aromatic N) is 2. The fraction of sp³-hybridized carbons (Fsp3) is 0.333. The SMILES string of the molecule is C#Cc1cnc(-c2ccc(OCCCCCC)c(F)c2)nc1. The van der Waals surface area contributed by atoms with Crippen molar-refractivity contribution in [3.8, 4) is 29.5 Å². The Morgan fingerprint density at radius 3 is 2.59 bits per heavy atom. The average Bonchev–Trinajstić information content (AvgIpc) is 2.56. The molecule has 4 heteroatoms. The van der Waals surface area contributed by atoms with Gasteiger partial charge in [-0.3, -0.25) is 0 Å². The lowest BCUT2D eigenvalue weighted by molar-refractivity contribution is 0.290. The minimum atomic E-state index is -0.405. The zero-order valence-corrected chi connectivity index (χ0v) is 12.7. The first-order chi connectivity index (χ1) is 10.7. The second kappa shape index (κ2) is 8.14. The maximum absolute atomic E-state index is 14.0. The van der Waals surface area contributed by atoms with Crippen LogP contribution < -0.4 is 4.74 Å². The molecule has 2 aromatic rings. The summed E-state index contributed by atoms with van der Waals surface area (Å²) in [6, 6.07) is 4.74. The van der Waals surface area contributed by atoms with E-state index in [1.54, 1.807) is 24.5 Å². The maximum atomic E-state index is 14.0. The lowest BCUT2D eigenvalue weighted by atomic mass is 10.2. The lowest BCUT2D eigenvalue weighted by Gasteiger charge is -2.08. The van der Waals surface area contributed by atoms with E-state index in [4.69, 9.17) is 11.2 Å². The van der Waals surface area contributed by atoms with Gasteiger partial charge in [-0.25, -0.2) is 14.4 Å². The van der Waals surface area contributed by atoms with Crippen LogP contribution in [-0.2, 0) is 0 Å². The first kappa shape index (κ1) is 16.0. The van der Waals surface area contributed by atoms with Crippen molar-refractivity contribution in [2.24, 2.45) is 0 Å². The highest BCUT2D eigenvalue weighted by atomic mass is 19.1. The zero-order chi connectivity index (χ0) is 15.8. The third kappa shape index (κ3) is 4.29. The van der Waals surface area contributed by atoms with Gasteiger partial charge in [0.25, 0.3) is 0 Å². The normalized spacial score (nSPS) is 10.2. The largest absolute Gasteiger partial charge is 0.491 e. The van der Waals surface area contributed by atoms with E-state index in [9.17, 15) is 4.39 Å². The zero-order valence-electron chi connectivity index (χ0n) is 12.7. The third-order valence-electron chi connectivity index (χ3n) is 3.26. The molecule has 0 aliphatic carbocycles.